The van der Waals surface area contributed by atoms with Crippen molar-refractivity contribution in [3.8, 4) is 23.0 Å². The zero-order valence-electron chi connectivity index (χ0n) is 26.8. The summed E-state index contributed by atoms with van der Waals surface area (Å²) in [6.07, 6.45) is 13.5. The molecule has 2 aliphatic heterocycles. The Balaban J connectivity index is 0.000000188. The van der Waals surface area contributed by atoms with Crippen LogP contribution in [0.25, 0.3) is 24.3 Å². The number of allylic oxidation sites excluding steroid dienone is 2. The average Bonchev–Trinajstić information content (AvgIpc) is 3.03. The number of carbonyl (C=O) groups excluding carboxylic acids is 2. The molecular weight excluding hydrogens is 647 g/mol. The fourth-order valence-corrected chi connectivity index (χ4v) is 5.20. The Labute approximate surface area is 289 Å². The lowest BCUT2D eigenvalue weighted by atomic mass is 9.98. The van der Waals surface area contributed by atoms with Crippen LogP contribution in [0.15, 0.2) is 97.1 Å². The first-order valence-corrected chi connectivity index (χ1v) is 15.9. The predicted octanol–water partition coefficient (Wildman–Crippen LogP) is 10.3. The predicted molar refractivity (Wildman–Crippen MR) is 193 cm³/mol. The molecule has 0 spiro atoms. The summed E-state index contributed by atoms with van der Waals surface area (Å²) in [4.78, 5) is 24.8. The van der Waals surface area contributed by atoms with Gasteiger partial charge in [-0.15, -0.1) is 0 Å². The van der Waals surface area contributed by atoms with Gasteiger partial charge in [0.1, 0.15) is 34.2 Å². The van der Waals surface area contributed by atoms with Crippen LogP contribution in [0.4, 0.5) is 0 Å². The first-order valence-electron chi connectivity index (χ1n) is 15.2. The van der Waals surface area contributed by atoms with E-state index in [9.17, 15) is 19.8 Å². The summed E-state index contributed by atoms with van der Waals surface area (Å²) in [6, 6.07) is 20.9. The van der Waals surface area contributed by atoms with Crippen molar-refractivity contribution >= 4 is 59.1 Å². The number of hydrogen-bond acceptors (Lipinski definition) is 6. The number of fused-ring (bicyclic) bond motifs is 2. The molecular formula is C40H34Cl2O6. The normalized spacial score (nSPS) is 15.1. The number of ketones is 2. The maximum Gasteiger partial charge on any atom is 0.189 e. The van der Waals surface area contributed by atoms with Crippen molar-refractivity contribution in [3.05, 3.63) is 141 Å². The Morgan fingerprint density at radius 1 is 0.583 bits per heavy atom. The minimum atomic E-state index is -0.431. The highest BCUT2D eigenvalue weighted by molar-refractivity contribution is 6.30. The first kappa shape index (κ1) is 34.3. The average molecular weight is 682 g/mol. The largest absolute Gasteiger partial charge is 0.506 e. The van der Waals surface area contributed by atoms with Crippen LogP contribution in [-0.2, 0) is 0 Å². The Kier molecular flexibility index (Phi) is 9.99. The van der Waals surface area contributed by atoms with Crippen molar-refractivity contribution in [3.63, 3.8) is 0 Å². The minimum Gasteiger partial charge on any atom is -0.506 e. The highest BCUT2D eigenvalue weighted by atomic mass is 35.5. The number of hydrogen-bond donors (Lipinski definition) is 2. The number of benzene rings is 4. The van der Waals surface area contributed by atoms with Gasteiger partial charge in [0, 0.05) is 10.0 Å². The number of phenols is 2. The molecule has 244 valence electrons. The highest BCUT2D eigenvalue weighted by Gasteiger charge is 2.26. The van der Waals surface area contributed by atoms with E-state index in [1.165, 1.54) is 12.2 Å². The standard InChI is InChI=1S/2C20H17ClO3/c2*1-20(2)12-11-16-18(24-20)10-8-15(19(16)23)17(22)9-5-13-3-6-14(21)7-4-13/h2*3-12,23H,1-2H3/b2*9-5+. The third-order valence-electron chi connectivity index (χ3n) is 7.53. The van der Waals surface area contributed by atoms with Crippen molar-refractivity contribution in [2.75, 3.05) is 0 Å². The molecule has 2 aliphatic rings. The Morgan fingerprint density at radius 2 is 0.938 bits per heavy atom. The molecule has 6 nitrogen and oxygen atoms in total. The summed E-state index contributed by atoms with van der Waals surface area (Å²) in [5, 5.41) is 22.1. The van der Waals surface area contributed by atoms with E-state index in [2.05, 4.69) is 0 Å². The molecule has 0 unspecified atom stereocenters. The Morgan fingerprint density at radius 3 is 1.29 bits per heavy atom. The number of aromatic hydroxyl groups is 2. The molecule has 48 heavy (non-hydrogen) atoms. The van der Waals surface area contributed by atoms with Crippen LogP contribution in [0.1, 0.15) is 70.7 Å². The van der Waals surface area contributed by atoms with Gasteiger partial charge in [-0.3, -0.25) is 9.59 Å². The van der Waals surface area contributed by atoms with E-state index in [1.807, 2.05) is 64.1 Å². The monoisotopic (exact) mass is 680 g/mol. The van der Waals surface area contributed by atoms with Crippen molar-refractivity contribution in [1.82, 2.24) is 0 Å². The van der Waals surface area contributed by atoms with Crippen molar-refractivity contribution in [2.24, 2.45) is 0 Å². The third-order valence-corrected chi connectivity index (χ3v) is 8.03. The van der Waals surface area contributed by atoms with Crippen molar-refractivity contribution in [2.45, 2.75) is 38.9 Å². The summed E-state index contributed by atoms with van der Waals surface area (Å²) in [7, 11) is 0. The SMILES string of the molecule is CC1(C)C=Cc2c(ccc(C(=O)/C=C/c3ccc(Cl)cc3)c2O)O1.CC1(C)C=Cc2c(ccc(C(=O)/C=C/c3ccc(Cl)cc3)c2O)O1. The summed E-state index contributed by atoms with van der Waals surface area (Å²) in [5.41, 5.74) is 2.39. The molecule has 6 rings (SSSR count). The van der Waals surface area contributed by atoms with E-state index >= 15 is 0 Å². The smallest absolute Gasteiger partial charge is 0.189 e. The molecule has 0 saturated heterocycles. The lowest BCUT2D eigenvalue weighted by molar-refractivity contribution is 0.103. The zero-order valence-corrected chi connectivity index (χ0v) is 28.3. The molecule has 0 bridgehead atoms. The minimum absolute atomic E-state index is 0.0648. The van der Waals surface area contributed by atoms with Gasteiger partial charge in [0.25, 0.3) is 0 Å². The van der Waals surface area contributed by atoms with Gasteiger partial charge in [0.05, 0.1) is 22.3 Å². The zero-order chi connectivity index (χ0) is 34.6. The van der Waals surface area contributed by atoms with E-state index in [4.69, 9.17) is 32.7 Å². The molecule has 0 amide bonds. The second-order valence-electron chi connectivity index (χ2n) is 12.3. The number of ether oxygens (including phenoxy) is 2. The Bertz CT molecular complexity index is 1840. The topological polar surface area (TPSA) is 93.1 Å². The third kappa shape index (κ3) is 8.26. The van der Waals surface area contributed by atoms with Crippen LogP contribution in [0.2, 0.25) is 10.0 Å². The maximum atomic E-state index is 12.4. The van der Waals surface area contributed by atoms with E-state index in [1.54, 1.807) is 72.8 Å². The number of halogens is 2. The summed E-state index contributed by atoms with van der Waals surface area (Å²) in [5.74, 6) is 0.457. The van der Waals surface area contributed by atoms with Gasteiger partial charge in [0.2, 0.25) is 0 Å². The molecule has 4 aromatic rings. The van der Waals surface area contributed by atoms with E-state index in [0.717, 1.165) is 11.1 Å². The molecule has 4 aromatic carbocycles. The maximum absolute atomic E-state index is 12.4. The van der Waals surface area contributed by atoms with Crippen LogP contribution in [-0.4, -0.2) is 33.0 Å². The van der Waals surface area contributed by atoms with Gasteiger partial charge in [0.15, 0.2) is 11.6 Å². The number of rotatable bonds is 6. The lowest BCUT2D eigenvalue weighted by Gasteiger charge is -2.28. The molecule has 0 saturated carbocycles. The van der Waals surface area contributed by atoms with E-state index < -0.39 is 11.2 Å². The summed E-state index contributed by atoms with van der Waals surface area (Å²) < 4.78 is 11.6. The second-order valence-corrected chi connectivity index (χ2v) is 13.2. The van der Waals surface area contributed by atoms with Crippen LogP contribution in [0.3, 0.4) is 0 Å². The Hall–Kier alpha value is -5.04. The van der Waals surface area contributed by atoms with Crippen LogP contribution in [0, 0.1) is 0 Å². The molecule has 0 radical (unpaired) electrons. The molecule has 0 aliphatic carbocycles. The molecule has 0 aromatic heterocycles. The second kappa shape index (κ2) is 14.0. The van der Waals surface area contributed by atoms with Gasteiger partial charge in [-0.25, -0.2) is 0 Å². The fraction of sp³-hybridized carbons (Fsp3) is 0.150. The number of phenolic OH excluding ortho intramolecular Hbond substituents is 2. The summed E-state index contributed by atoms with van der Waals surface area (Å²) >= 11 is 11.7. The fourth-order valence-electron chi connectivity index (χ4n) is 4.95. The van der Waals surface area contributed by atoms with Crippen LogP contribution < -0.4 is 9.47 Å². The number of carbonyl (C=O) groups is 2. The highest BCUT2D eigenvalue weighted by Crippen LogP contribution is 2.40. The molecule has 0 fully saturated rings. The van der Waals surface area contributed by atoms with Crippen LogP contribution >= 0.6 is 23.2 Å². The molecule has 2 N–H and O–H groups in total. The van der Waals surface area contributed by atoms with Gasteiger partial charge in [-0.2, -0.15) is 0 Å². The summed E-state index contributed by atoms with van der Waals surface area (Å²) in [6.45, 7) is 7.71. The van der Waals surface area contributed by atoms with Crippen LogP contribution in [0.5, 0.6) is 23.0 Å². The molecule has 2 heterocycles. The first-order chi connectivity index (χ1) is 22.7. The van der Waals surface area contributed by atoms with Gasteiger partial charge >= 0.3 is 0 Å². The van der Waals surface area contributed by atoms with Crippen molar-refractivity contribution in [1.29, 1.82) is 0 Å². The van der Waals surface area contributed by atoms with Gasteiger partial charge < -0.3 is 19.7 Å². The van der Waals surface area contributed by atoms with Gasteiger partial charge in [-0.1, -0.05) is 59.6 Å². The van der Waals surface area contributed by atoms with Gasteiger partial charge in [-0.05, 0) is 124 Å². The molecule has 0 atom stereocenters. The lowest BCUT2D eigenvalue weighted by Crippen LogP contribution is -2.27. The van der Waals surface area contributed by atoms with E-state index in [-0.39, 0.29) is 34.2 Å². The quantitative estimate of drug-likeness (QED) is 0.155. The molecule has 8 heteroatoms. The van der Waals surface area contributed by atoms with Crippen molar-refractivity contribution < 1.29 is 29.3 Å². The van der Waals surface area contributed by atoms with E-state index in [0.29, 0.717) is 32.7 Å².